The van der Waals surface area contributed by atoms with E-state index >= 15 is 0 Å². The van der Waals surface area contributed by atoms with Gasteiger partial charge in [0.2, 0.25) is 5.91 Å². The molecule has 2 rings (SSSR count). The zero-order valence-corrected chi connectivity index (χ0v) is 12.8. The predicted molar refractivity (Wildman–Crippen MR) is 77.4 cm³/mol. The summed E-state index contributed by atoms with van der Waals surface area (Å²) in [6.07, 6.45) is 5.86. The van der Waals surface area contributed by atoms with Crippen LogP contribution in [0.5, 0.6) is 0 Å². The summed E-state index contributed by atoms with van der Waals surface area (Å²) in [4.78, 5) is 17.5. The average Bonchev–Trinajstić information content (AvgIpc) is 3.17. The van der Waals surface area contributed by atoms with Gasteiger partial charge in [0, 0.05) is 32.7 Å². The van der Waals surface area contributed by atoms with Crippen molar-refractivity contribution in [2.24, 2.45) is 10.2 Å². The van der Waals surface area contributed by atoms with Gasteiger partial charge in [-0.3, -0.25) is 4.79 Å². The number of carbonyl (C=O) groups is 1. The zero-order valence-electron chi connectivity index (χ0n) is 12.8. The number of halogens is 2. The van der Waals surface area contributed by atoms with Crippen LogP contribution in [0.15, 0.2) is 16.6 Å². The minimum absolute atomic E-state index is 0.122. The van der Waals surface area contributed by atoms with Gasteiger partial charge in [0.1, 0.15) is 18.7 Å². The Balaban J connectivity index is 1.82. The lowest BCUT2D eigenvalue weighted by molar-refractivity contribution is -0.130. The van der Waals surface area contributed by atoms with Crippen LogP contribution in [0, 0.1) is 12.3 Å². The second-order valence-corrected chi connectivity index (χ2v) is 5.39. The molecule has 1 aromatic heterocycles. The predicted octanol–water partition coefficient (Wildman–Crippen LogP) is 1.86. The number of amides is 1. The van der Waals surface area contributed by atoms with E-state index in [-0.39, 0.29) is 18.9 Å². The minimum Gasteiger partial charge on any atom is -0.338 e. The van der Waals surface area contributed by atoms with Crippen LogP contribution in [-0.2, 0) is 17.9 Å². The van der Waals surface area contributed by atoms with E-state index in [4.69, 9.17) is 6.42 Å². The van der Waals surface area contributed by atoms with Crippen molar-refractivity contribution < 1.29 is 13.6 Å². The van der Waals surface area contributed by atoms with Crippen molar-refractivity contribution in [1.82, 2.24) is 19.7 Å². The lowest BCUT2D eigenvalue weighted by Gasteiger charge is -2.18. The Morgan fingerprint density at radius 1 is 1.48 bits per heavy atom. The number of nitrogens with zero attached hydrogens (tertiary/aromatic N) is 6. The molecule has 1 aliphatic rings. The molecule has 2 heterocycles. The standard InChI is InChI=1S/C14H18F2N6O/c1-3-4-6-14(19-20-14)7-5-13(23)21(2)9-12-17-10-18-22(12)8-11(15)16/h1,10-11H,4-9H2,2H3. The van der Waals surface area contributed by atoms with Gasteiger partial charge >= 0.3 is 0 Å². The van der Waals surface area contributed by atoms with Crippen molar-refractivity contribution in [2.45, 2.75) is 50.9 Å². The maximum atomic E-state index is 12.4. The topological polar surface area (TPSA) is 75.7 Å². The van der Waals surface area contributed by atoms with E-state index in [1.165, 1.54) is 11.2 Å². The second-order valence-electron chi connectivity index (χ2n) is 5.39. The van der Waals surface area contributed by atoms with Crippen LogP contribution >= 0.6 is 0 Å². The summed E-state index contributed by atoms with van der Waals surface area (Å²) in [5, 5.41) is 11.7. The van der Waals surface area contributed by atoms with E-state index in [2.05, 4.69) is 26.2 Å². The van der Waals surface area contributed by atoms with Crippen LogP contribution < -0.4 is 0 Å². The fourth-order valence-electron chi connectivity index (χ4n) is 2.16. The van der Waals surface area contributed by atoms with Gasteiger partial charge in [0.25, 0.3) is 6.43 Å². The Labute approximate surface area is 132 Å². The maximum absolute atomic E-state index is 12.4. The molecule has 0 bridgehead atoms. The number of alkyl halides is 2. The molecule has 1 aromatic rings. The summed E-state index contributed by atoms with van der Waals surface area (Å²) in [7, 11) is 1.60. The fourth-order valence-corrected chi connectivity index (χ4v) is 2.16. The summed E-state index contributed by atoms with van der Waals surface area (Å²) in [6, 6.07) is 0. The quantitative estimate of drug-likeness (QED) is 0.651. The normalized spacial score (nSPS) is 14.7. The number of hydrogen-bond acceptors (Lipinski definition) is 5. The summed E-state index contributed by atoms with van der Waals surface area (Å²) in [5.74, 6) is 2.72. The molecular weight excluding hydrogens is 306 g/mol. The lowest BCUT2D eigenvalue weighted by Crippen LogP contribution is -2.29. The van der Waals surface area contributed by atoms with Gasteiger partial charge in [-0.1, -0.05) is 0 Å². The molecule has 23 heavy (non-hydrogen) atoms. The largest absolute Gasteiger partial charge is 0.338 e. The molecule has 0 radical (unpaired) electrons. The van der Waals surface area contributed by atoms with E-state index in [9.17, 15) is 13.6 Å². The maximum Gasteiger partial charge on any atom is 0.257 e. The van der Waals surface area contributed by atoms with Gasteiger partial charge in [-0.25, -0.2) is 18.4 Å². The van der Waals surface area contributed by atoms with Gasteiger partial charge in [-0.15, -0.1) is 12.3 Å². The number of hydrogen-bond donors (Lipinski definition) is 0. The van der Waals surface area contributed by atoms with Gasteiger partial charge in [0.05, 0.1) is 6.54 Å². The molecule has 1 amide bonds. The van der Waals surface area contributed by atoms with Gasteiger partial charge in [-0.2, -0.15) is 15.3 Å². The van der Waals surface area contributed by atoms with Crippen molar-refractivity contribution in [1.29, 1.82) is 0 Å². The third-order valence-electron chi connectivity index (χ3n) is 3.60. The lowest BCUT2D eigenvalue weighted by atomic mass is 10.0. The highest BCUT2D eigenvalue weighted by atomic mass is 19.3. The fraction of sp³-hybridized carbons (Fsp3) is 0.643. The van der Waals surface area contributed by atoms with Crippen molar-refractivity contribution in [3.8, 4) is 12.3 Å². The summed E-state index contributed by atoms with van der Waals surface area (Å²) >= 11 is 0. The Bertz CT molecular complexity index is 615. The first-order valence-corrected chi connectivity index (χ1v) is 7.22. The monoisotopic (exact) mass is 324 g/mol. The minimum atomic E-state index is -2.52. The summed E-state index contributed by atoms with van der Waals surface area (Å²) in [6.45, 7) is -0.415. The summed E-state index contributed by atoms with van der Waals surface area (Å²) in [5.41, 5.74) is -0.501. The third kappa shape index (κ3) is 4.81. The number of rotatable bonds is 9. The first kappa shape index (κ1) is 17.0. The van der Waals surface area contributed by atoms with Crippen LogP contribution in [0.1, 0.15) is 31.5 Å². The van der Waals surface area contributed by atoms with E-state index in [1.54, 1.807) is 7.05 Å². The van der Waals surface area contributed by atoms with E-state index in [1.807, 2.05) is 0 Å². The second kappa shape index (κ2) is 7.26. The van der Waals surface area contributed by atoms with Gasteiger partial charge < -0.3 is 4.90 Å². The first-order chi connectivity index (χ1) is 11.0. The Morgan fingerprint density at radius 2 is 2.22 bits per heavy atom. The highest BCUT2D eigenvalue weighted by Gasteiger charge is 2.39. The zero-order chi connectivity index (χ0) is 16.9. The van der Waals surface area contributed by atoms with Crippen LogP contribution in [-0.4, -0.2) is 44.7 Å². The molecule has 0 aliphatic carbocycles. The van der Waals surface area contributed by atoms with Crippen LogP contribution in [0.25, 0.3) is 0 Å². The highest BCUT2D eigenvalue weighted by Crippen LogP contribution is 2.37. The molecule has 124 valence electrons. The average molecular weight is 324 g/mol. The summed E-state index contributed by atoms with van der Waals surface area (Å²) < 4.78 is 26.0. The van der Waals surface area contributed by atoms with Crippen molar-refractivity contribution in [3.63, 3.8) is 0 Å². The van der Waals surface area contributed by atoms with Crippen molar-refractivity contribution in [3.05, 3.63) is 12.2 Å². The Hall–Kier alpha value is -2.37. The molecule has 0 saturated heterocycles. The molecule has 0 aromatic carbocycles. The number of carbonyl (C=O) groups excluding carboxylic acids is 1. The first-order valence-electron chi connectivity index (χ1n) is 7.22. The van der Waals surface area contributed by atoms with E-state index in [0.717, 1.165) is 4.68 Å². The van der Waals surface area contributed by atoms with Crippen LogP contribution in [0.4, 0.5) is 8.78 Å². The molecule has 0 N–H and O–H groups in total. The van der Waals surface area contributed by atoms with Crippen molar-refractivity contribution >= 4 is 5.91 Å². The van der Waals surface area contributed by atoms with E-state index in [0.29, 0.717) is 25.1 Å². The molecule has 7 nitrogen and oxygen atoms in total. The third-order valence-corrected chi connectivity index (χ3v) is 3.60. The molecular formula is C14H18F2N6O. The molecule has 0 unspecified atom stereocenters. The number of terminal acetylenes is 1. The number of aromatic nitrogens is 3. The molecule has 0 spiro atoms. The smallest absolute Gasteiger partial charge is 0.257 e. The van der Waals surface area contributed by atoms with Crippen LogP contribution in [0.2, 0.25) is 0 Å². The van der Waals surface area contributed by atoms with Crippen LogP contribution in [0.3, 0.4) is 0 Å². The molecule has 0 saturated carbocycles. The molecule has 9 heteroatoms. The SMILES string of the molecule is C#CCCC1(CCC(=O)N(C)Cc2ncnn2CC(F)F)N=N1. The van der Waals surface area contributed by atoms with E-state index < -0.39 is 18.6 Å². The van der Waals surface area contributed by atoms with Gasteiger partial charge in [0.15, 0.2) is 5.66 Å². The van der Waals surface area contributed by atoms with Crippen molar-refractivity contribution in [2.75, 3.05) is 7.05 Å². The Kier molecular flexibility index (Phi) is 5.36. The molecule has 0 atom stereocenters. The van der Waals surface area contributed by atoms with Gasteiger partial charge in [-0.05, 0) is 0 Å². The molecule has 0 fully saturated rings. The Morgan fingerprint density at radius 3 is 2.83 bits per heavy atom. The molecule has 1 aliphatic heterocycles. The highest BCUT2D eigenvalue weighted by molar-refractivity contribution is 5.75.